The third-order valence-corrected chi connectivity index (χ3v) is 6.68. The zero-order valence-corrected chi connectivity index (χ0v) is 18.6. The number of hydrogen-bond acceptors (Lipinski definition) is 5. The van der Waals surface area contributed by atoms with E-state index in [1.807, 2.05) is 30.3 Å². The highest BCUT2D eigenvalue weighted by atomic mass is 35.5. The Morgan fingerprint density at radius 3 is 2.52 bits per heavy atom. The molecule has 1 aliphatic carbocycles. The summed E-state index contributed by atoms with van der Waals surface area (Å²) in [4.78, 5) is 0. The van der Waals surface area contributed by atoms with Crippen molar-refractivity contribution < 1.29 is 24.4 Å². The summed E-state index contributed by atoms with van der Waals surface area (Å²) < 4.78 is 17.5. The Hall–Kier alpha value is -1.63. The Balaban J connectivity index is 1.41. The van der Waals surface area contributed by atoms with Crippen molar-refractivity contribution in [1.82, 2.24) is 0 Å². The first kappa shape index (κ1) is 22.6. The normalized spacial score (nSPS) is 28.6. The zero-order chi connectivity index (χ0) is 21.8. The molecule has 0 amide bonds. The Morgan fingerprint density at radius 2 is 1.81 bits per heavy atom. The van der Waals surface area contributed by atoms with Crippen LogP contribution in [0.15, 0.2) is 42.5 Å². The van der Waals surface area contributed by atoms with E-state index in [0.29, 0.717) is 30.4 Å². The minimum Gasteiger partial charge on any atom is -0.490 e. The predicted molar refractivity (Wildman–Crippen MR) is 120 cm³/mol. The fraction of sp³-hybridized carbons (Fsp3) is 0.520. The molecule has 6 heteroatoms. The summed E-state index contributed by atoms with van der Waals surface area (Å²) in [6.45, 7) is -0.0879. The van der Waals surface area contributed by atoms with Crippen LogP contribution in [0.5, 0.6) is 5.75 Å². The first-order valence-electron chi connectivity index (χ1n) is 11.0. The molecule has 1 saturated heterocycles. The number of ether oxygens (including phenoxy) is 3. The summed E-state index contributed by atoms with van der Waals surface area (Å²) in [5.41, 5.74) is 3.13. The van der Waals surface area contributed by atoms with Crippen LogP contribution in [0.4, 0.5) is 0 Å². The lowest BCUT2D eigenvalue weighted by Crippen LogP contribution is -2.33. The third kappa shape index (κ3) is 5.79. The van der Waals surface area contributed by atoms with Crippen molar-refractivity contribution in [3.63, 3.8) is 0 Å². The second kappa shape index (κ2) is 10.3. The SMILES string of the molecule is COC1CCC(Oc2ccc(Cc3cc([C@H]4CC(O)C[C@@H](CO)O4)ccc3Cl)cc2)C1. The van der Waals surface area contributed by atoms with Gasteiger partial charge in [-0.2, -0.15) is 0 Å². The van der Waals surface area contributed by atoms with Gasteiger partial charge in [0.05, 0.1) is 31.0 Å². The van der Waals surface area contributed by atoms with Crippen LogP contribution in [-0.4, -0.2) is 48.3 Å². The first-order valence-corrected chi connectivity index (χ1v) is 11.4. The Bertz CT molecular complexity index is 855. The van der Waals surface area contributed by atoms with Gasteiger partial charge in [0, 0.05) is 31.4 Å². The van der Waals surface area contributed by atoms with Gasteiger partial charge in [0.2, 0.25) is 0 Å². The largest absolute Gasteiger partial charge is 0.490 e. The average Bonchev–Trinajstić information content (AvgIpc) is 3.23. The molecule has 2 aromatic carbocycles. The summed E-state index contributed by atoms with van der Waals surface area (Å²) in [5, 5.41) is 20.3. The molecule has 2 fully saturated rings. The van der Waals surface area contributed by atoms with Gasteiger partial charge in [0.25, 0.3) is 0 Å². The maximum Gasteiger partial charge on any atom is 0.119 e. The molecule has 0 radical (unpaired) electrons. The standard InChI is InChI=1S/C25H31ClO5/c1-29-21-7-8-22(14-21)30-20-5-2-16(3-6-20)10-18-11-17(4-9-24(18)26)25-13-19(28)12-23(15-27)31-25/h2-6,9,11,19,21-23,25,27-28H,7-8,10,12-15H2,1H3/t19?,21?,22?,23-,25+/m0/s1. The number of rotatable bonds is 7. The van der Waals surface area contributed by atoms with Crippen molar-refractivity contribution in [2.75, 3.05) is 13.7 Å². The summed E-state index contributed by atoms with van der Waals surface area (Å²) in [5.74, 6) is 0.880. The highest BCUT2D eigenvalue weighted by Gasteiger charge is 2.29. The molecule has 2 aromatic rings. The molecular weight excluding hydrogens is 416 g/mol. The molecule has 2 aliphatic rings. The van der Waals surface area contributed by atoms with E-state index in [9.17, 15) is 10.2 Å². The van der Waals surface area contributed by atoms with Crippen LogP contribution in [0, 0.1) is 0 Å². The van der Waals surface area contributed by atoms with Gasteiger partial charge in [0.1, 0.15) is 11.9 Å². The van der Waals surface area contributed by atoms with Crippen LogP contribution in [0.2, 0.25) is 5.02 Å². The molecule has 5 nitrogen and oxygen atoms in total. The molecule has 168 valence electrons. The topological polar surface area (TPSA) is 68.2 Å². The molecule has 1 saturated carbocycles. The maximum atomic E-state index is 10.1. The Morgan fingerprint density at radius 1 is 1.03 bits per heavy atom. The number of methoxy groups -OCH3 is 1. The maximum absolute atomic E-state index is 10.1. The minimum absolute atomic E-state index is 0.0879. The molecule has 2 N–H and O–H groups in total. The van der Waals surface area contributed by atoms with Crippen molar-refractivity contribution in [3.8, 4) is 5.75 Å². The van der Waals surface area contributed by atoms with Crippen molar-refractivity contribution in [2.24, 2.45) is 0 Å². The van der Waals surface area contributed by atoms with E-state index in [4.69, 9.17) is 25.8 Å². The fourth-order valence-electron chi connectivity index (χ4n) is 4.57. The van der Waals surface area contributed by atoms with Gasteiger partial charge < -0.3 is 24.4 Å². The quantitative estimate of drug-likeness (QED) is 0.657. The molecule has 5 atom stereocenters. The Labute approximate surface area is 188 Å². The number of hydrogen-bond donors (Lipinski definition) is 2. The summed E-state index contributed by atoms with van der Waals surface area (Å²) >= 11 is 6.47. The van der Waals surface area contributed by atoms with Crippen LogP contribution < -0.4 is 4.74 Å². The number of halogens is 1. The molecule has 0 aromatic heterocycles. The van der Waals surface area contributed by atoms with E-state index < -0.39 is 6.10 Å². The number of aliphatic hydroxyl groups is 2. The van der Waals surface area contributed by atoms with Crippen LogP contribution in [0.1, 0.15) is 54.9 Å². The van der Waals surface area contributed by atoms with E-state index in [-0.39, 0.29) is 24.9 Å². The molecule has 4 rings (SSSR count). The van der Waals surface area contributed by atoms with Gasteiger partial charge in [-0.3, -0.25) is 0 Å². The van der Waals surface area contributed by atoms with Crippen LogP contribution in [0.3, 0.4) is 0 Å². The zero-order valence-electron chi connectivity index (χ0n) is 17.9. The molecule has 1 heterocycles. The molecule has 0 spiro atoms. The molecule has 0 bridgehead atoms. The van der Waals surface area contributed by atoms with Crippen molar-refractivity contribution in [1.29, 1.82) is 0 Å². The monoisotopic (exact) mass is 446 g/mol. The first-order chi connectivity index (χ1) is 15.0. The summed E-state index contributed by atoms with van der Waals surface area (Å²) in [6, 6.07) is 14.0. The van der Waals surface area contributed by atoms with Crippen molar-refractivity contribution in [2.45, 2.75) is 69.0 Å². The molecule has 1 aliphatic heterocycles. The van der Waals surface area contributed by atoms with Gasteiger partial charge in [0.15, 0.2) is 0 Å². The lowest BCUT2D eigenvalue weighted by atomic mass is 9.94. The van der Waals surface area contributed by atoms with Crippen LogP contribution >= 0.6 is 11.6 Å². The second-order valence-corrected chi connectivity index (χ2v) is 9.04. The number of benzene rings is 2. The predicted octanol–water partition coefficient (Wildman–Crippen LogP) is 4.45. The molecule has 31 heavy (non-hydrogen) atoms. The third-order valence-electron chi connectivity index (χ3n) is 6.31. The van der Waals surface area contributed by atoms with E-state index in [2.05, 4.69) is 12.1 Å². The van der Waals surface area contributed by atoms with Gasteiger partial charge >= 0.3 is 0 Å². The molecular formula is C25H31ClO5. The van der Waals surface area contributed by atoms with Crippen LogP contribution in [-0.2, 0) is 15.9 Å². The smallest absolute Gasteiger partial charge is 0.119 e. The van der Waals surface area contributed by atoms with E-state index in [1.165, 1.54) is 0 Å². The van der Waals surface area contributed by atoms with E-state index >= 15 is 0 Å². The Kier molecular flexibility index (Phi) is 7.51. The van der Waals surface area contributed by atoms with E-state index in [0.717, 1.165) is 41.7 Å². The highest BCUT2D eigenvalue weighted by molar-refractivity contribution is 6.31. The average molecular weight is 447 g/mol. The van der Waals surface area contributed by atoms with Gasteiger partial charge in [-0.25, -0.2) is 0 Å². The molecule has 3 unspecified atom stereocenters. The van der Waals surface area contributed by atoms with Crippen LogP contribution in [0.25, 0.3) is 0 Å². The lowest BCUT2D eigenvalue weighted by molar-refractivity contribution is -0.113. The summed E-state index contributed by atoms with van der Waals surface area (Å²) in [7, 11) is 1.76. The van der Waals surface area contributed by atoms with Crippen molar-refractivity contribution in [3.05, 3.63) is 64.2 Å². The fourth-order valence-corrected chi connectivity index (χ4v) is 4.76. The lowest BCUT2D eigenvalue weighted by Gasteiger charge is -2.32. The van der Waals surface area contributed by atoms with Crippen molar-refractivity contribution >= 4 is 11.6 Å². The van der Waals surface area contributed by atoms with Gasteiger partial charge in [-0.15, -0.1) is 0 Å². The van der Waals surface area contributed by atoms with Gasteiger partial charge in [-0.1, -0.05) is 35.9 Å². The van der Waals surface area contributed by atoms with Gasteiger partial charge in [-0.05, 0) is 54.2 Å². The minimum atomic E-state index is -0.471. The number of aliphatic hydroxyl groups excluding tert-OH is 2. The van der Waals surface area contributed by atoms with E-state index in [1.54, 1.807) is 7.11 Å². The summed E-state index contributed by atoms with van der Waals surface area (Å²) in [6.07, 6.45) is 4.18. The second-order valence-electron chi connectivity index (χ2n) is 8.64. The highest BCUT2D eigenvalue weighted by Crippen LogP contribution is 2.34.